The van der Waals surface area contributed by atoms with Crippen molar-refractivity contribution >= 4 is 21.9 Å². The molecule has 2 N–H and O–H groups in total. The molecular formula is C18H12N4. The van der Waals surface area contributed by atoms with Crippen molar-refractivity contribution in [2.45, 2.75) is 0 Å². The highest BCUT2D eigenvalue weighted by Crippen LogP contribution is 2.26. The quantitative estimate of drug-likeness (QED) is 0.552. The number of aromatic amines is 1. The van der Waals surface area contributed by atoms with Gasteiger partial charge >= 0.3 is 0 Å². The highest BCUT2D eigenvalue weighted by atomic mass is 15.0. The van der Waals surface area contributed by atoms with Crippen LogP contribution in [-0.2, 0) is 0 Å². The van der Waals surface area contributed by atoms with E-state index in [2.05, 4.69) is 11.1 Å². The van der Waals surface area contributed by atoms with Gasteiger partial charge in [0.2, 0.25) is 0 Å². The lowest BCUT2D eigenvalue weighted by Gasteiger charge is -2.10. The van der Waals surface area contributed by atoms with E-state index in [0.717, 1.165) is 27.6 Å². The second-order valence-corrected chi connectivity index (χ2v) is 5.12. The number of nitriles is 1. The number of nitrogens with zero attached hydrogens (tertiary/aromatic N) is 2. The number of fused-ring (bicyclic) bond motifs is 3. The van der Waals surface area contributed by atoms with Gasteiger partial charge in [0.25, 0.3) is 0 Å². The summed E-state index contributed by atoms with van der Waals surface area (Å²) >= 11 is 0. The van der Waals surface area contributed by atoms with Gasteiger partial charge in [0, 0.05) is 16.6 Å². The summed E-state index contributed by atoms with van der Waals surface area (Å²) in [5.74, 6) is 0. The lowest BCUT2D eigenvalue weighted by molar-refractivity contribution is 0.960. The lowest BCUT2D eigenvalue weighted by Crippen LogP contribution is -2.21. The van der Waals surface area contributed by atoms with Gasteiger partial charge in [0.15, 0.2) is 0 Å². The standard InChI is InChI=1S/C18H12N4/c19-11-12-10-16-17(14-8-4-5-9-15(14)21-16)22(18(12)20)13-6-2-1-3-7-13/h1-10,20-21H. The Morgan fingerprint density at radius 2 is 1.68 bits per heavy atom. The van der Waals surface area contributed by atoms with Crippen molar-refractivity contribution in [3.8, 4) is 11.8 Å². The van der Waals surface area contributed by atoms with Gasteiger partial charge in [-0.3, -0.25) is 9.98 Å². The summed E-state index contributed by atoms with van der Waals surface area (Å²) in [4.78, 5) is 3.33. The van der Waals surface area contributed by atoms with Gasteiger partial charge in [0.1, 0.15) is 11.6 Å². The molecule has 2 heterocycles. The molecule has 4 aromatic rings. The fourth-order valence-electron chi connectivity index (χ4n) is 2.86. The Balaban J connectivity index is 2.28. The van der Waals surface area contributed by atoms with E-state index >= 15 is 0 Å². The molecule has 0 unspecified atom stereocenters. The summed E-state index contributed by atoms with van der Waals surface area (Å²) in [6.45, 7) is 0. The molecule has 0 aliphatic rings. The Bertz CT molecular complexity index is 1100. The summed E-state index contributed by atoms with van der Waals surface area (Å²) in [5.41, 5.74) is 4.20. The third kappa shape index (κ3) is 1.66. The number of H-pyrrole nitrogens is 1. The van der Waals surface area contributed by atoms with Crippen molar-refractivity contribution in [3.63, 3.8) is 0 Å². The number of benzene rings is 2. The molecule has 0 bridgehead atoms. The first kappa shape index (κ1) is 12.4. The number of pyridine rings is 1. The summed E-state index contributed by atoms with van der Waals surface area (Å²) in [6, 6.07) is 21.5. The van der Waals surface area contributed by atoms with Crippen molar-refractivity contribution in [2.75, 3.05) is 0 Å². The fourth-order valence-corrected chi connectivity index (χ4v) is 2.86. The zero-order valence-electron chi connectivity index (χ0n) is 11.7. The SMILES string of the molecule is N#Cc1cc2[nH]c3ccccc3c2n(-c2ccccc2)c1=N. The van der Waals surface area contributed by atoms with E-state index in [1.54, 1.807) is 6.07 Å². The molecule has 0 saturated carbocycles. The summed E-state index contributed by atoms with van der Waals surface area (Å²) in [6.07, 6.45) is 0. The van der Waals surface area contributed by atoms with E-state index in [9.17, 15) is 5.26 Å². The molecule has 22 heavy (non-hydrogen) atoms. The highest BCUT2D eigenvalue weighted by molar-refractivity contribution is 6.06. The normalized spacial score (nSPS) is 10.9. The molecule has 2 aromatic heterocycles. The molecule has 4 heteroatoms. The number of rotatable bonds is 1. The van der Waals surface area contributed by atoms with Crippen LogP contribution in [0.4, 0.5) is 0 Å². The summed E-state index contributed by atoms with van der Waals surface area (Å²) in [5, 5.41) is 18.8. The second-order valence-electron chi connectivity index (χ2n) is 5.12. The van der Waals surface area contributed by atoms with Crippen molar-refractivity contribution < 1.29 is 0 Å². The maximum Gasteiger partial charge on any atom is 0.148 e. The minimum absolute atomic E-state index is 0.200. The zero-order valence-corrected chi connectivity index (χ0v) is 11.7. The summed E-state index contributed by atoms with van der Waals surface area (Å²) in [7, 11) is 0. The van der Waals surface area contributed by atoms with Crippen LogP contribution in [0.15, 0.2) is 60.7 Å². The number of hydrogen-bond donors (Lipinski definition) is 2. The third-order valence-electron chi connectivity index (χ3n) is 3.83. The van der Waals surface area contributed by atoms with Crippen molar-refractivity contribution in [2.24, 2.45) is 0 Å². The number of aromatic nitrogens is 2. The van der Waals surface area contributed by atoms with Crippen LogP contribution in [0.1, 0.15) is 5.56 Å². The van der Waals surface area contributed by atoms with Gasteiger partial charge in [0.05, 0.1) is 16.6 Å². The van der Waals surface area contributed by atoms with Crippen LogP contribution in [0, 0.1) is 16.7 Å². The number of para-hydroxylation sites is 2. The van der Waals surface area contributed by atoms with Gasteiger partial charge in [-0.2, -0.15) is 5.26 Å². The van der Waals surface area contributed by atoms with Crippen molar-refractivity contribution in [1.82, 2.24) is 9.55 Å². The van der Waals surface area contributed by atoms with Gasteiger partial charge < -0.3 is 4.98 Å². The van der Waals surface area contributed by atoms with E-state index in [-0.39, 0.29) is 5.49 Å². The molecule has 0 radical (unpaired) electrons. The van der Waals surface area contributed by atoms with Crippen LogP contribution < -0.4 is 5.49 Å². The minimum atomic E-state index is 0.200. The Labute approximate surface area is 126 Å². The van der Waals surface area contributed by atoms with Crippen molar-refractivity contribution in [3.05, 3.63) is 71.7 Å². The molecule has 0 aliphatic heterocycles. The Kier molecular flexibility index (Phi) is 2.60. The Morgan fingerprint density at radius 3 is 2.45 bits per heavy atom. The molecule has 4 rings (SSSR count). The predicted octanol–water partition coefficient (Wildman–Crippen LogP) is 3.46. The van der Waals surface area contributed by atoms with Crippen molar-refractivity contribution in [1.29, 1.82) is 10.7 Å². The molecule has 104 valence electrons. The van der Waals surface area contributed by atoms with Gasteiger partial charge in [-0.15, -0.1) is 0 Å². The van der Waals surface area contributed by atoms with E-state index in [4.69, 9.17) is 5.41 Å². The van der Waals surface area contributed by atoms with Crippen LogP contribution in [0.3, 0.4) is 0 Å². The average molecular weight is 284 g/mol. The number of nitrogens with one attached hydrogen (secondary N) is 2. The molecule has 0 fully saturated rings. The molecular weight excluding hydrogens is 272 g/mol. The maximum atomic E-state index is 9.33. The Hall–Kier alpha value is -3.32. The smallest absolute Gasteiger partial charge is 0.148 e. The molecule has 4 nitrogen and oxygen atoms in total. The van der Waals surface area contributed by atoms with E-state index < -0.39 is 0 Å². The molecule has 0 atom stereocenters. The topological polar surface area (TPSA) is 68.4 Å². The minimum Gasteiger partial charge on any atom is -0.353 e. The van der Waals surface area contributed by atoms with Crippen LogP contribution >= 0.6 is 0 Å². The van der Waals surface area contributed by atoms with Crippen LogP contribution in [0.25, 0.3) is 27.6 Å². The second kappa shape index (κ2) is 4.61. The summed E-state index contributed by atoms with van der Waals surface area (Å²) < 4.78 is 1.83. The van der Waals surface area contributed by atoms with E-state index in [0.29, 0.717) is 5.56 Å². The van der Waals surface area contributed by atoms with Gasteiger partial charge in [-0.1, -0.05) is 36.4 Å². The third-order valence-corrected chi connectivity index (χ3v) is 3.83. The number of hydrogen-bond acceptors (Lipinski definition) is 2. The first-order chi connectivity index (χ1) is 10.8. The molecule has 2 aromatic carbocycles. The highest BCUT2D eigenvalue weighted by Gasteiger charge is 2.13. The van der Waals surface area contributed by atoms with Gasteiger partial charge in [-0.05, 0) is 24.3 Å². The van der Waals surface area contributed by atoms with E-state index in [1.165, 1.54) is 0 Å². The van der Waals surface area contributed by atoms with Crippen LogP contribution in [0.5, 0.6) is 0 Å². The fraction of sp³-hybridized carbons (Fsp3) is 0. The van der Waals surface area contributed by atoms with Crippen LogP contribution in [0.2, 0.25) is 0 Å². The predicted molar refractivity (Wildman–Crippen MR) is 85.7 cm³/mol. The molecule has 0 spiro atoms. The largest absolute Gasteiger partial charge is 0.353 e. The molecule has 0 aliphatic carbocycles. The average Bonchev–Trinajstić information content (AvgIpc) is 2.93. The monoisotopic (exact) mass is 284 g/mol. The van der Waals surface area contributed by atoms with Gasteiger partial charge in [-0.25, -0.2) is 0 Å². The van der Waals surface area contributed by atoms with Crippen LogP contribution in [-0.4, -0.2) is 9.55 Å². The Morgan fingerprint density at radius 1 is 0.955 bits per heavy atom. The first-order valence-corrected chi connectivity index (χ1v) is 6.96. The molecule has 0 saturated heterocycles. The first-order valence-electron chi connectivity index (χ1n) is 6.96. The lowest BCUT2D eigenvalue weighted by atomic mass is 10.2. The van der Waals surface area contributed by atoms with E-state index in [1.807, 2.05) is 59.2 Å². The molecule has 0 amide bonds. The zero-order chi connectivity index (χ0) is 15.1. The maximum absolute atomic E-state index is 9.33.